The van der Waals surface area contributed by atoms with Gasteiger partial charge in [0, 0.05) is 23.8 Å². The minimum absolute atomic E-state index is 0.0443. The van der Waals surface area contributed by atoms with Gasteiger partial charge in [-0.2, -0.15) is 5.26 Å². The number of rotatable bonds is 6. The first kappa shape index (κ1) is 16.1. The lowest BCUT2D eigenvalue weighted by atomic mass is 10.2. The second kappa shape index (κ2) is 8.23. The molecule has 4 nitrogen and oxygen atoms in total. The van der Waals surface area contributed by atoms with Crippen molar-refractivity contribution in [3.63, 3.8) is 0 Å². The van der Waals surface area contributed by atoms with Crippen LogP contribution in [0.3, 0.4) is 0 Å². The Bertz CT molecular complexity index is 534. The third-order valence-corrected chi connectivity index (χ3v) is 3.22. The Morgan fingerprint density at radius 2 is 2.20 bits per heavy atom. The zero-order valence-electron chi connectivity index (χ0n) is 11.6. The Labute approximate surface area is 124 Å². The van der Waals surface area contributed by atoms with Crippen LogP contribution in [0.1, 0.15) is 25.8 Å². The molecule has 0 saturated heterocycles. The van der Waals surface area contributed by atoms with Gasteiger partial charge in [-0.25, -0.2) is 0 Å². The maximum absolute atomic E-state index is 11.8. The van der Waals surface area contributed by atoms with Crippen LogP contribution in [0.25, 0.3) is 0 Å². The summed E-state index contributed by atoms with van der Waals surface area (Å²) in [6.45, 7) is 4.32. The van der Waals surface area contributed by atoms with Crippen molar-refractivity contribution in [3.8, 4) is 6.07 Å². The second-order valence-corrected chi connectivity index (χ2v) is 4.83. The maximum Gasteiger partial charge on any atom is 0.263 e. The minimum atomic E-state index is -0.367. The lowest BCUT2D eigenvalue weighted by Crippen LogP contribution is -2.33. The molecule has 1 unspecified atom stereocenters. The van der Waals surface area contributed by atoms with Crippen molar-refractivity contribution in [1.29, 1.82) is 5.26 Å². The van der Waals surface area contributed by atoms with E-state index in [2.05, 4.69) is 10.6 Å². The van der Waals surface area contributed by atoms with Crippen LogP contribution in [-0.4, -0.2) is 11.9 Å². The van der Waals surface area contributed by atoms with Crippen molar-refractivity contribution in [2.45, 2.75) is 32.9 Å². The van der Waals surface area contributed by atoms with Crippen LogP contribution in [0.2, 0.25) is 5.02 Å². The van der Waals surface area contributed by atoms with Gasteiger partial charge in [-0.3, -0.25) is 4.79 Å². The van der Waals surface area contributed by atoms with Gasteiger partial charge in [0.1, 0.15) is 11.6 Å². The smallest absolute Gasteiger partial charge is 0.263 e. The number of carbonyl (C=O) groups is 1. The second-order valence-electron chi connectivity index (χ2n) is 4.42. The van der Waals surface area contributed by atoms with Crippen LogP contribution in [0.5, 0.6) is 0 Å². The summed E-state index contributed by atoms with van der Waals surface area (Å²) in [6, 6.07) is 9.34. The molecule has 0 heterocycles. The Hall–Kier alpha value is -1.99. The monoisotopic (exact) mass is 291 g/mol. The van der Waals surface area contributed by atoms with Gasteiger partial charge in [0.25, 0.3) is 5.91 Å². The van der Waals surface area contributed by atoms with Crippen LogP contribution in [0, 0.1) is 11.3 Å². The van der Waals surface area contributed by atoms with Gasteiger partial charge in [0.2, 0.25) is 0 Å². The molecule has 0 saturated carbocycles. The number of benzene rings is 1. The topological polar surface area (TPSA) is 64.9 Å². The first-order valence-electron chi connectivity index (χ1n) is 6.46. The number of halogens is 1. The van der Waals surface area contributed by atoms with Gasteiger partial charge in [0.05, 0.1) is 0 Å². The van der Waals surface area contributed by atoms with Crippen LogP contribution >= 0.6 is 11.6 Å². The van der Waals surface area contributed by atoms with Crippen molar-refractivity contribution >= 4 is 17.5 Å². The number of hydrogen-bond acceptors (Lipinski definition) is 3. The predicted molar refractivity (Wildman–Crippen MR) is 79.9 cm³/mol. The molecule has 1 aromatic carbocycles. The van der Waals surface area contributed by atoms with E-state index in [1.165, 1.54) is 6.20 Å². The Balaban J connectivity index is 2.61. The van der Waals surface area contributed by atoms with E-state index in [9.17, 15) is 4.79 Å². The molecule has 1 rings (SSSR count). The van der Waals surface area contributed by atoms with Crippen LogP contribution in [-0.2, 0) is 11.3 Å². The summed E-state index contributed by atoms with van der Waals surface area (Å²) in [5.74, 6) is -0.367. The average molecular weight is 292 g/mol. The maximum atomic E-state index is 11.8. The lowest BCUT2D eigenvalue weighted by Gasteiger charge is -2.10. The molecule has 0 aliphatic carbocycles. The molecule has 1 atom stereocenters. The summed E-state index contributed by atoms with van der Waals surface area (Å²) in [5.41, 5.74) is 0.961. The third-order valence-electron chi connectivity index (χ3n) is 2.85. The molecular formula is C15H18ClN3O. The Kier molecular flexibility index (Phi) is 6.61. The molecule has 0 aromatic heterocycles. The number of nitrogens with zero attached hydrogens (tertiary/aromatic N) is 1. The van der Waals surface area contributed by atoms with E-state index in [0.717, 1.165) is 12.0 Å². The van der Waals surface area contributed by atoms with Crippen molar-refractivity contribution in [3.05, 3.63) is 46.6 Å². The molecule has 20 heavy (non-hydrogen) atoms. The van der Waals surface area contributed by atoms with E-state index >= 15 is 0 Å². The highest BCUT2D eigenvalue weighted by molar-refractivity contribution is 6.31. The number of amides is 1. The molecule has 0 bridgehead atoms. The molecule has 1 aromatic rings. The van der Waals surface area contributed by atoms with Crippen molar-refractivity contribution < 1.29 is 4.79 Å². The normalized spacial score (nSPS) is 12.4. The van der Waals surface area contributed by atoms with Crippen molar-refractivity contribution in [1.82, 2.24) is 10.6 Å². The van der Waals surface area contributed by atoms with E-state index in [4.69, 9.17) is 16.9 Å². The van der Waals surface area contributed by atoms with Gasteiger partial charge in [-0.1, -0.05) is 36.7 Å². The Morgan fingerprint density at radius 1 is 1.50 bits per heavy atom. The van der Waals surface area contributed by atoms with Crippen LogP contribution < -0.4 is 10.6 Å². The summed E-state index contributed by atoms with van der Waals surface area (Å²) in [6.07, 6.45) is 2.23. The highest BCUT2D eigenvalue weighted by atomic mass is 35.5. The molecule has 0 aliphatic rings. The summed E-state index contributed by atoms with van der Waals surface area (Å²) in [5, 5.41) is 15.3. The SMILES string of the molecule is CCC(C)NC(=O)/C(C#N)=C\NCc1ccccc1Cl. The van der Waals surface area contributed by atoms with Crippen molar-refractivity contribution in [2.24, 2.45) is 0 Å². The highest BCUT2D eigenvalue weighted by Gasteiger charge is 2.10. The standard InChI is InChI=1S/C15H18ClN3O/c1-3-11(2)19-15(20)13(8-17)10-18-9-12-6-4-5-7-14(12)16/h4-7,10-11,18H,3,9H2,1-2H3,(H,19,20)/b13-10-. The zero-order chi connectivity index (χ0) is 15.0. The highest BCUT2D eigenvalue weighted by Crippen LogP contribution is 2.14. The predicted octanol–water partition coefficient (Wildman–Crippen LogP) is 2.75. The first-order valence-corrected chi connectivity index (χ1v) is 6.84. The van der Waals surface area contributed by atoms with E-state index in [0.29, 0.717) is 11.6 Å². The van der Waals surface area contributed by atoms with E-state index in [1.54, 1.807) is 6.07 Å². The third kappa shape index (κ3) is 4.94. The number of nitrogens with one attached hydrogen (secondary N) is 2. The van der Waals surface area contributed by atoms with Gasteiger partial charge in [0.15, 0.2) is 0 Å². The van der Waals surface area contributed by atoms with Gasteiger partial charge in [-0.05, 0) is 25.0 Å². The van der Waals surface area contributed by atoms with E-state index < -0.39 is 0 Å². The molecule has 5 heteroatoms. The van der Waals surface area contributed by atoms with E-state index in [1.807, 2.05) is 38.1 Å². The van der Waals surface area contributed by atoms with Crippen molar-refractivity contribution in [2.75, 3.05) is 0 Å². The molecule has 106 valence electrons. The summed E-state index contributed by atoms with van der Waals surface area (Å²) in [7, 11) is 0. The minimum Gasteiger partial charge on any atom is -0.386 e. The number of nitriles is 1. The molecule has 0 spiro atoms. The van der Waals surface area contributed by atoms with Gasteiger partial charge in [-0.15, -0.1) is 0 Å². The lowest BCUT2D eigenvalue weighted by molar-refractivity contribution is -0.117. The summed E-state index contributed by atoms with van der Waals surface area (Å²) >= 11 is 6.02. The quantitative estimate of drug-likeness (QED) is 0.626. The molecule has 0 fully saturated rings. The van der Waals surface area contributed by atoms with Crippen LogP contribution in [0.4, 0.5) is 0 Å². The Morgan fingerprint density at radius 3 is 2.80 bits per heavy atom. The molecular weight excluding hydrogens is 274 g/mol. The average Bonchev–Trinajstić information content (AvgIpc) is 2.45. The first-order chi connectivity index (χ1) is 9.58. The molecule has 1 amide bonds. The zero-order valence-corrected chi connectivity index (χ0v) is 12.4. The summed E-state index contributed by atoms with van der Waals surface area (Å²) in [4.78, 5) is 11.8. The molecule has 2 N–H and O–H groups in total. The van der Waals surface area contributed by atoms with E-state index in [-0.39, 0.29) is 17.5 Å². The molecule has 0 aliphatic heterocycles. The largest absolute Gasteiger partial charge is 0.386 e. The summed E-state index contributed by atoms with van der Waals surface area (Å²) < 4.78 is 0. The fraction of sp³-hybridized carbons (Fsp3) is 0.333. The fourth-order valence-corrected chi connectivity index (χ4v) is 1.66. The molecule has 0 radical (unpaired) electrons. The fourth-order valence-electron chi connectivity index (χ4n) is 1.46. The van der Waals surface area contributed by atoms with Crippen LogP contribution in [0.15, 0.2) is 36.0 Å². The number of hydrogen-bond donors (Lipinski definition) is 2. The van der Waals surface area contributed by atoms with Gasteiger partial charge < -0.3 is 10.6 Å². The van der Waals surface area contributed by atoms with Gasteiger partial charge >= 0.3 is 0 Å². The number of carbonyl (C=O) groups excluding carboxylic acids is 1.